The van der Waals surface area contributed by atoms with Gasteiger partial charge in [-0.3, -0.25) is 4.79 Å². The van der Waals surface area contributed by atoms with E-state index in [1.54, 1.807) is 0 Å². The fourth-order valence-corrected chi connectivity index (χ4v) is 2.27. The van der Waals surface area contributed by atoms with Crippen LogP contribution in [-0.2, 0) is 9.53 Å². The molecule has 0 aromatic rings. The van der Waals surface area contributed by atoms with Gasteiger partial charge in [0, 0.05) is 24.9 Å². The Labute approximate surface area is 84.4 Å². The normalized spacial score (nSPS) is 24.3. The van der Waals surface area contributed by atoms with Crippen molar-refractivity contribution in [1.82, 2.24) is 4.90 Å². The number of hydrogen-bond acceptors (Lipinski definition) is 3. The van der Waals surface area contributed by atoms with Crippen LogP contribution in [-0.4, -0.2) is 43.7 Å². The quantitative estimate of drug-likeness (QED) is 0.631. The van der Waals surface area contributed by atoms with Crippen LogP contribution in [0, 0.1) is 5.41 Å². The van der Waals surface area contributed by atoms with E-state index in [1.807, 2.05) is 0 Å². The molecule has 2 aliphatic rings. The molecule has 0 aromatic heterocycles. The molecule has 0 atom stereocenters. The standard InChI is InChI=1S/C10H18N2O2/c11-9(13)3-1-2-4-12-5-10(6-12)7-14-8-10/h1-8H2,(H2,11,13). The van der Waals surface area contributed by atoms with Crippen LogP contribution in [0.1, 0.15) is 19.3 Å². The first-order valence-electron chi connectivity index (χ1n) is 5.29. The molecule has 2 saturated heterocycles. The highest BCUT2D eigenvalue weighted by Gasteiger charge is 2.48. The number of ether oxygens (including phenoxy) is 1. The van der Waals surface area contributed by atoms with Crippen LogP contribution >= 0.6 is 0 Å². The molecule has 14 heavy (non-hydrogen) atoms. The number of unbranched alkanes of at least 4 members (excludes halogenated alkanes) is 1. The van der Waals surface area contributed by atoms with Crippen molar-refractivity contribution in [2.75, 3.05) is 32.8 Å². The monoisotopic (exact) mass is 198 g/mol. The highest BCUT2D eigenvalue weighted by Crippen LogP contribution is 2.37. The molecule has 80 valence electrons. The number of nitrogens with two attached hydrogens (primary N) is 1. The summed E-state index contributed by atoms with van der Waals surface area (Å²) >= 11 is 0. The van der Waals surface area contributed by atoms with Crippen molar-refractivity contribution in [3.8, 4) is 0 Å². The minimum absolute atomic E-state index is 0.183. The zero-order valence-electron chi connectivity index (χ0n) is 8.50. The SMILES string of the molecule is NC(=O)CCCCN1CC2(COC2)C1. The molecule has 4 nitrogen and oxygen atoms in total. The third-order valence-electron chi connectivity index (χ3n) is 3.08. The summed E-state index contributed by atoms with van der Waals surface area (Å²) in [6.07, 6.45) is 2.54. The molecule has 2 aliphatic heterocycles. The summed E-state index contributed by atoms with van der Waals surface area (Å²) < 4.78 is 5.20. The van der Waals surface area contributed by atoms with Crippen molar-refractivity contribution in [3.63, 3.8) is 0 Å². The maximum absolute atomic E-state index is 10.5. The van der Waals surface area contributed by atoms with E-state index < -0.39 is 0 Å². The molecule has 2 fully saturated rings. The molecule has 0 unspecified atom stereocenters. The Kier molecular flexibility index (Phi) is 2.74. The lowest BCUT2D eigenvalue weighted by Crippen LogP contribution is -2.65. The zero-order chi connectivity index (χ0) is 10.0. The minimum atomic E-state index is -0.183. The van der Waals surface area contributed by atoms with Crippen molar-refractivity contribution in [2.45, 2.75) is 19.3 Å². The van der Waals surface area contributed by atoms with Gasteiger partial charge in [0.2, 0.25) is 5.91 Å². The molecule has 2 N–H and O–H groups in total. The first-order valence-corrected chi connectivity index (χ1v) is 5.29. The third kappa shape index (κ3) is 2.07. The first-order chi connectivity index (χ1) is 6.70. The van der Waals surface area contributed by atoms with Gasteiger partial charge in [-0.1, -0.05) is 0 Å². The smallest absolute Gasteiger partial charge is 0.217 e. The Morgan fingerprint density at radius 1 is 1.36 bits per heavy atom. The van der Waals surface area contributed by atoms with Gasteiger partial charge in [-0.2, -0.15) is 0 Å². The Bertz CT molecular complexity index is 218. The third-order valence-corrected chi connectivity index (χ3v) is 3.08. The lowest BCUT2D eigenvalue weighted by atomic mass is 9.78. The highest BCUT2D eigenvalue weighted by molar-refractivity contribution is 5.73. The molecular weight excluding hydrogens is 180 g/mol. The average Bonchev–Trinajstić information content (AvgIpc) is 1.96. The van der Waals surface area contributed by atoms with Gasteiger partial charge in [0.05, 0.1) is 13.2 Å². The molecule has 2 rings (SSSR count). The van der Waals surface area contributed by atoms with Gasteiger partial charge in [-0.15, -0.1) is 0 Å². The fourth-order valence-electron chi connectivity index (χ4n) is 2.27. The molecule has 1 amide bonds. The van der Waals surface area contributed by atoms with Crippen molar-refractivity contribution >= 4 is 5.91 Å². The summed E-state index contributed by atoms with van der Waals surface area (Å²) in [5.41, 5.74) is 5.58. The van der Waals surface area contributed by atoms with Gasteiger partial charge in [0.1, 0.15) is 0 Å². The van der Waals surface area contributed by atoms with E-state index in [9.17, 15) is 4.79 Å². The largest absolute Gasteiger partial charge is 0.380 e. The number of amides is 1. The first kappa shape index (κ1) is 9.93. The second kappa shape index (κ2) is 3.87. The highest BCUT2D eigenvalue weighted by atomic mass is 16.5. The molecule has 0 radical (unpaired) electrons. The predicted octanol–water partition coefficient (Wildman–Crippen LogP) is -0.0258. The molecular formula is C10H18N2O2. The van der Waals surface area contributed by atoms with E-state index >= 15 is 0 Å². The van der Waals surface area contributed by atoms with Gasteiger partial charge in [0.15, 0.2) is 0 Å². The summed E-state index contributed by atoms with van der Waals surface area (Å²) in [7, 11) is 0. The van der Waals surface area contributed by atoms with E-state index in [-0.39, 0.29) is 5.91 Å². The van der Waals surface area contributed by atoms with Crippen molar-refractivity contribution in [3.05, 3.63) is 0 Å². The van der Waals surface area contributed by atoms with Crippen LogP contribution in [0.5, 0.6) is 0 Å². The maximum Gasteiger partial charge on any atom is 0.217 e. The van der Waals surface area contributed by atoms with Gasteiger partial charge >= 0.3 is 0 Å². The van der Waals surface area contributed by atoms with Crippen LogP contribution in [0.15, 0.2) is 0 Å². The molecule has 4 heteroatoms. The zero-order valence-corrected chi connectivity index (χ0v) is 8.50. The average molecular weight is 198 g/mol. The van der Waals surface area contributed by atoms with E-state index in [0.717, 1.165) is 32.6 Å². The van der Waals surface area contributed by atoms with Crippen LogP contribution in [0.2, 0.25) is 0 Å². The second-order valence-electron chi connectivity index (χ2n) is 4.63. The van der Waals surface area contributed by atoms with Crippen LogP contribution in [0.4, 0.5) is 0 Å². The van der Waals surface area contributed by atoms with Gasteiger partial charge in [0.25, 0.3) is 0 Å². The summed E-state index contributed by atoms with van der Waals surface area (Å²) in [6, 6.07) is 0. The Hall–Kier alpha value is -0.610. The van der Waals surface area contributed by atoms with Crippen LogP contribution < -0.4 is 5.73 Å². The van der Waals surface area contributed by atoms with E-state index in [2.05, 4.69) is 4.90 Å². The summed E-state index contributed by atoms with van der Waals surface area (Å²) in [6.45, 7) is 5.37. The molecule has 1 spiro atoms. The predicted molar refractivity (Wildman–Crippen MR) is 52.7 cm³/mol. The molecule has 0 aromatic carbocycles. The van der Waals surface area contributed by atoms with Crippen LogP contribution in [0.25, 0.3) is 0 Å². The maximum atomic E-state index is 10.5. The molecule has 0 saturated carbocycles. The molecule has 0 bridgehead atoms. The Morgan fingerprint density at radius 3 is 2.57 bits per heavy atom. The van der Waals surface area contributed by atoms with Crippen molar-refractivity contribution in [2.24, 2.45) is 11.1 Å². The van der Waals surface area contributed by atoms with E-state index in [0.29, 0.717) is 11.8 Å². The second-order valence-corrected chi connectivity index (χ2v) is 4.63. The lowest BCUT2D eigenvalue weighted by molar-refractivity contribution is -0.188. The molecule has 0 aliphatic carbocycles. The van der Waals surface area contributed by atoms with Gasteiger partial charge < -0.3 is 15.4 Å². The number of nitrogens with zero attached hydrogens (tertiary/aromatic N) is 1. The summed E-state index contributed by atoms with van der Waals surface area (Å²) in [5.74, 6) is -0.183. The Morgan fingerprint density at radius 2 is 2.07 bits per heavy atom. The van der Waals surface area contributed by atoms with E-state index in [1.165, 1.54) is 13.1 Å². The fraction of sp³-hybridized carbons (Fsp3) is 0.900. The van der Waals surface area contributed by atoms with E-state index in [4.69, 9.17) is 10.5 Å². The van der Waals surface area contributed by atoms with Crippen molar-refractivity contribution < 1.29 is 9.53 Å². The number of likely N-dealkylation sites (tertiary alicyclic amines) is 1. The number of carbonyl (C=O) groups is 1. The summed E-state index contributed by atoms with van der Waals surface area (Å²) in [5, 5.41) is 0. The van der Waals surface area contributed by atoms with Crippen molar-refractivity contribution in [1.29, 1.82) is 0 Å². The number of primary amides is 1. The number of carbonyl (C=O) groups excluding carboxylic acids is 1. The topological polar surface area (TPSA) is 55.6 Å². The van der Waals surface area contributed by atoms with Crippen LogP contribution in [0.3, 0.4) is 0 Å². The number of rotatable bonds is 5. The lowest BCUT2D eigenvalue weighted by Gasteiger charge is -2.55. The number of hydrogen-bond donors (Lipinski definition) is 1. The van der Waals surface area contributed by atoms with Gasteiger partial charge in [-0.25, -0.2) is 0 Å². The Balaban J connectivity index is 1.50. The van der Waals surface area contributed by atoms with Gasteiger partial charge in [-0.05, 0) is 19.4 Å². The minimum Gasteiger partial charge on any atom is -0.380 e. The summed E-state index contributed by atoms with van der Waals surface area (Å²) in [4.78, 5) is 12.9. The molecule has 2 heterocycles.